The summed E-state index contributed by atoms with van der Waals surface area (Å²) in [4.78, 5) is 2.18. The van der Waals surface area contributed by atoms with Crippen molar-refractivity contribution in [3.8, 4) is 5.75 Å². The maximum atomic E-state index is 9.39. The number of benzene rings is 1. The van der Waals surface area contributed by atoms with E-state index < -0.39 is 0 Å². The van der Waals surface area contributed by atoms with E-state index in [2.05, 4.69) is 11.0 Å². The standard InChI is InChI=1S/C12H17NO2/c1-13-6-5-9-3-4-10(15-2)7-11(9)12(13)8-14/h3-4,7,12,14H,5-6,8H2,1-2H3. The van der Waals surface area contributed by atoms with Crippen molar-refractivity contribution in [3.05, 3.63) is 29.3 Å². The molecule has 0 radical (unpaired) electrons. The normalized spacial score (nSPS) is 21.1. The highest BCUT2D eigenvalue weighted by atomic mass is 16.5. The van der Waals surface area contributed by atoms with E-state index in [1.54, 1.807) is 7.11 Å². The first-order valence-electron chi connectivity index (χ1n) is 5.24. The van der Waals surface area contributed by atoms with Gasteiger partial charge in [-0.15, -0.1) is 0 Å². The highest BCUT2D eigenvalue weighted by molar-refractivity contribution is 5.39. The Kier molecular flexibility index (Phi) is 2.93. The van der Waals surface area contributed by atoms with Crippen LogP contribution < -0.4 is 4.74 Å². The van der Waals surface area contributed by atoms with Gasteiger partial charge in [0.1, 0.15) is 5.75 Å². The SMILES string of the molecule is COc1ccc2c(c1)C(CO)N(C)CC2. The summed E-state index contributed by atoms with van der Waals surface area (Å²) in [6, 6.07) is 6.23. The van der Waals surface area contributed by atoms with E-state index in [-0.39, 0.29) is 12.6 Å². The van der Waals surface area contributed by atoms with Crippen LogP contribution in [-0.4, -0.2) is 37.3 Å². The third-order valence-corrected chi connectivity index (χ3v) is 3.15. The Morgan fingerprint density at radius 1 is 1.53 bits per heavy atom. The van der Waals surface area contributed by atoms with Gasteiger partial charge in [0.15, 0.2) is 0 Å². The van der Waals surface area contributed by atoms with Crippen LogP contribution in [-0.2, 0) is 6.42 Å². The van der Waals surface area contributed by atoms with Crippen LogP contribution in [0.5, 0.6) is 5.75 Å². The van der Waals surface area contributed by atoms with Crippen molar-refractivity contribution in [2.45, 2.75) is 12.5 Å². The van der Waals surface area contributed by atoms with Crippen molar-refractivity contribution >= 4 is 0 Å². The topological polar surface area (TPSA) is 32.7 Å². The summed E-state index contributed by atoms with van der Waals surface area (Å²) in [5, 5.41) is 9.39. The Morgan fingerprint density at radius 3 is 3.00 bits per heavy atom. The molecule has 1 aliphatic rings. The summed E-state index contributed by atoms with van der Waals surface area (Å²) in [5.41, 5.74) is 2.53. The third kappa shape index (κ3) is 1.85. The highest BCUT2D eigenvalue weighted by Gasteiger charge is 2.24. The average molecular weight is 207 g/mol. The first-order valence-corrected chi connectivity index (χ1v) is 5.24. The van der Waals surface area contributed by atoms with Gasteiger partial charge < -0.3 is 9.84 Å². The molecule has 0 aliphatic carbocycles. The number of aliphatic hydroxyl groups excluding tert-OH is 1. The molecule has 1 atom stereocenters. The maximum absolute atomic E-state index is 9.39. The van der Waals surface area contributed by atoms with Crippen LogP contribution in [0.1, 0.15) is 17.2 Å². The van der Waals surface area contributed by atoms with Crippen LogP contribution in [0.25, 0.3) is 0 Å². The Hall–Kier alpha value is -1.06. The molecule has 0 aromatic heterocycles. The number of methoxy groups -OCH3 is 1. The van der Waals surface area contributed by atoms with Gasteiger partial charge >= 0.3 is 0 Å². The number of fused-ring (bicyclic) bond motifs is 1. The molecule has 82 valence electrons. The van der Waals surface area contributed by atoms with Crippen LogP contribution in [0.2, 0.25) is 0 Å². The van der Waals surface area contributed by atoms with Gasteiger partial charge in [0.05, 0.1) is 19.8 Å². The zero-order chi connectivity index (χ0) is 10.8. The molecule has 1 aromatic carbocycles. The first kappa shape index (κ1) is 10.5. The minimum Gasteiger partial charge on any atom is -0.497 e. The average Bonchev–Trinajstić information content (AvgIpc) is 2.28. The lowest BCUT2D eigenvalue weighted by molar-refractivity contribution is 0.139. The van der Waals surface area contributed by atoms with E-state index in [0.717, 1.165) is 18.7 Å². The predicted molar refractivity (Wildman–Crippen MR) is 59.2 cm³/mol. The van der Waals surface area contributed by atoms with Crippen molar-refractivity contribution in [1.82, 2.24) is 4.90 Å². The fourth-order valence-electron chi connectivity index (χ4n) is 2.17. The molecule has 1 aliphatic heterocycles. The van der Waals surface area contributed by atoms with Gasteiger partial charge in [-0.05, 0) is 36.7 Å². The van der Waals surface area contributed by atoms with Crippen molar-refractivity contribution < 1.29 is 9.84 Å². The van der Waals surface area contributed by atoms with Crippen LogP contribution >= 0.6 is 0 Å². The molecule has 0 spiro atoms. The zero-order valence-corrected chi connectivity index (χ0v) is 9.23. The summed E-state index contributed by atoms with van der Waals surface area (Å²) in [5.74, 6) is 0.863. The van der Waals surface area contributed by atoms with Gasteiger partial charge in [0.25, 0.3) is 0 Å². The van der Waals surface area contributed by atoms with Crippen molar-refractivity contribution in [2.75, 3.05) is 27.3 Å². The quantitative estimate of drug-likeness (QED) is 0.791. The predicted octanol–water partition coefficient (Wildman–Crippen LogP) is 1.22. The molecule has 2 rings (SSSR count). The summed E-state index contributed by atoms with van der Waals surface area (Å²) in [7, 11) is 3.71. The lowest BCUT2D eigenvalue weighted by atomic mass is 9.93. The second-order valence-corrected chi connectivity index (χ2v) is 3.99. The molecule has 15 heavy (non-hydrogen) atoms. The number of aliphatic hydroxyl groups is 1. The van der Waals surface area contributed by atoms with Gasteiger partial charge in [-0.2, -0.15) is 0 Å². The Balaban J connectivity index is 2.41. The third-order valence-electron chi connectivity index (χ3n) is 3.15. The zero-order valence-electron chi connectivity index (χ0n) is 9.23. The van der Waals surface area contributed by atoms with E-state index in [1.807, 2.05) is 19.2 Å². The summed E-state index contributed by atoms with van der Waals surface area (Å²) < 4.78 is 5.21. The van der Waals surface area contributed by atoms with Crippen LogP contribution in [0.15, 0.2) is 18.2 Å². The highest BCUT2D eigenvalue weighted by Crippen LogP contribution is 2.30. The summed E-state index contributed by atoms with van der Waals surface area (Å²) in [6.45, 7) is 1.17. The molecule has 3 heteroatoms. The van der Waals surface area contributed by atoms with Gasteiger partial charge in [0.2, 0.25) is 0 Å². The van der Waals surface area contributed by atoms with Crippen LogP contribution in [0, 0.1) is 0 Å². The van der Waals surface area contributed by atoms with E-state index >= 15 is 0 Å². The van der Waals surface area contributed by atoms with E-state index in [9.17, 15) is 5.11 Å². The molecule has 0 amide bonds. The van der Waals surface area contributed by atoms with Gasteiger partial charge in [0, 0.05) is 6.54 Å². The Bertz CT molecular complexity index is 351. The molecule has 0 saturated heterocycles. The molecular formula is C12H17NO2. The number of ether oxygens (including phenoxy) is 1. The lowest BCUT2D eigenvalue weighted by Gasteiger charge is -2.33. The summed E-state index contributed by atoms with van der Waals surface area (Å²) >= 11 is 0. The second-order valence-electron chi connectivity index (χ2n) is 3.99. The summed E-state index contributed by atoms with van der Waals surface area (Å²) in [6.07, 6.45) is 1.05. The maximum Gasteiger partial charge on any atom is 0.119 e. The van der Waals surface area contributed by atoms with Gasteiger partial charge in [-0.3, -0.25) is 4.90 Å². The van der Waals surface area contributed by atoms with E-state index in [1.165, 1.54) is 11.1 Å². The molecule has 1 aromatic rings. The second kappa shape index (κ2) is 4.21. The van der Waals surface area contributed by atoms with Crippen LogP contribution in [0.3, 0.4) is 0 Å². The molecule has 3 nitrogen and oxygen atoms in total. The number of hydrogen-bond acceptors (Lipinski definition) is 3. The van der Waals surface area contributed by atoms with Crippen molar-refractivity contribution in [2.24, 2.45) is 0 Å². The lowest BCUT2D eigenvalue weighted by Crippen LogP contribution is -2.34. The van der Waals surface area contributed by atoms with Gasteiger partial charge in [-0.25, -0.2) is 0 Å². The largest absolute Gasteiger partial charge is 0.497 e. The smallest absolute Gasteiger partial charge is 0.119 e. The molecule has 0 fully saturated rings. The number of likely N-dealkylation sites (N-methyl/N-ethyl adjacent to an activating group) is 1. The van der Waals surface area contributed by atoms with Crippen molar-refractivity contribution in [3.63, 3.8) is 0 Å². The Morgan fingerprint density at radius 2 is 2.33 bits per heavy atom. The number of hydrogen-bond donors (Lipinski definition) is 1. The molecule has 0 bridgehead atoms. The van der Waals surface area contributed by atoms with E-state index in [0.29, 0.717) is 0 Å². The fourth-order valence-corrected chi connectivity index (χ4v) is 2.17. The minimum atomic E-state index is 0.115. The fraction of sp³-hybridized carbons (Fsp3) is 0.500. The molecule has 1 unspecified atom stereocenters. The van der Waals surface area contributed by atoms with Gasteiger partial charge in [-0.1, -0.05) is 6.07 Å². The monoisotopic (exact) mass is 207 g/mol. The number of nitrogens with zero attached hydrogens (tertiary/aromatic N) is 1. The first-order chi connectivity index (χ1) is 7.26. The van der Waals surface area contributed by atoms with Crippen molar-refractivity contribution in [1.29, 1.82) is 0 Å². The van der Waals surface area contributed by atoms with Crippen LogP contribution in [0.4, 0.5) is 0 Å². The molecule has 0 saturated carbocycles. The molecule has 1 heterocycles. The minimum absolute atomic E-state index is 0.115. The number of rotatable bonds is 2. The molecular weight excluding hydrogens is 190 g/mol. The Labute approximate surface area is 90.3 Å². The van der Waals surface area contributed by atoms with E-state index in [4.69, 9.17) is 4.74 Å². The molecule has 1 N–H and O–H groups in total.